The Balaban J connectivity index is 1.67. The van der Waals surface area contributed by atoms with E-state index in [2.05, 4.69) is 19.4 Å². The maximum absolute atomic E-state index is 13.5. The molecule has 48 heavy (non-hydrogen) atoms. The molecule has 0 spiro atoms. The predicted octanol–water partition coefficient (Wildman–Crippen LogP) is 6.69. The molecule has 1 unspecified atom stereocenters. The van der Waals surface area contributed by atoms with Gasteiger partial charge in [0, 0.05) is 19.3 Å². The molecule has 1 atom stereocenters. The van der Waals surface area contributed by atoms with Crippen molar-refractivity contribution >= 4 is 0 Å². The van der Waals surface area contributed by atoms with Crippen LogP contribution in [0.5, 0.6) is 11.5 Å². The Hall–Kier alpha value is -3.11. The van der Waals surface area contributed by atoms with Gasteiger partial charge in [0.15, 0.2) is 17.9 Å². The second kappa shape index (κ2) is 18.0. The molecule has 0 aliphatic carbocycles. The van der Waals surface area contributed by atoms with E-state index in [0.29, 0.717) is 36.1 Å². The van der Waals surface area contributed by atoms with E-state index in [4.69, 9.17) is 23.7 Å². The van der Waals surface area contributed by atoms with Crippen LogP contribution in [0.25, 0.3) is 11.4 Å². The summed E-state index contributed by atoms with van der Waals surface area (Å²) in [5, 5.41) is 0. The Morgan fingerprint density at radius 3 is 1.75 bits per heavy atom. The average molecular weight is 721 g/mol. The molecule has 0 N–H and O–H groups in total. The van der Waals surface area contributed by atoms with Gasteiger partial charge in [-0.3, -0.25) is 0 Å². The van der Waals surface area contributed by atoms with E-state index in [9.17, 15) is 48.3 Å². The summed E-state index contributed by atoms with van der Waals surface area (Å²) in [4.78, 5) is 8.46. The molecule has 0 aliphatic heterocycles. The first kappa shape index (κ1) is 41.1. The molecule has 0 fully saturated rings. The molecule has 2 aromatic rings. The standard InChI is InChI=1S/C27H31F11N2O8/c1-18(43-12-11-41-2)44-13-14-46-21-15-39-22(40-16-21)19-5-7-20(8-6-19)45-10-4-3-9-42-17-23(28,29)47-26(35,36)27(37,38)48-25(33,34)24(30,31)32/h5-8,15-16,18H,3-4,9-14,17H2,1-2H3. The number of nitrogens with zero attached hydrogens (tertiary/aromatic N) is 2. The van der Waals surface area contributed by atoms with Crippen LogP contribution in [-0.4, -0.2) is 100 Å². The van der Waals surface area contributed by atoms with Crippen molar-refractivity contribution in [3.63, 3.8) is 0 Å². The van der Waals surface area contributed by atoms with Crippen LogP contribution in [0.2, 0.25) is 0 Å². The van der Waals surface area contributed by atoms with Gasteiger partial charge < -0.3 is 28.4 Å². The summed E-state index contributed by atoms with van der Waals surface area (Å²) >= 11 is 0. The SMILES string of the molecule is COCCOC(C)OCCOc1cnc(-c2ccc(OCCCCOCC(F)(F)OC(F)(F)C(F)(F)OC(F)(F)C(F)(F)F)cc2)nc1. The number of methoxy groups -OCH3 is 1. The molecule has 0 saturated heterocycles. The number of aromatic nitrogens is 2. The highest BCUT2D eigenvalue weighted by Crippen LogP contribution is 2.47. The Bertz CT molecular complexity index is 1210. The molecule has 2 rings (SSSR count). The predicted molar refractivity (Wildman–Crippen MR) is 140 cm³/mol. The third kappa shape index (κ3) is 13.8. The third-order valence-electron chi connectivity index (χ3n) is 5.51. The van der Waals surface area contributed by atoms with Crippen molar-refractivity contribution in [1.82, 2.24) is 9.97 Å². The van der Waals surface area contributed by atoms with E-state index in [1.54, 1.807) is 43.0 Å². The molecular weight excluding hydrogens is 689 g/mol. The topological polar surface area (TPSA) is 99.6 Å². The minimum atomic E-state index is -6.85. The van der Waals surface area contributed by atoms with E-state index in [1.165, 1.54) is 12.4 Å². The van der Waals surface area contributed by atoms with E-state index < -0.39 is 50.1 Å². The largest absolute Gasteiger partial charge is 0.494 e. The summed E-state index contributed by atoms with van der Waals surface area (Å²) in [5.74, 6) is 1.20. The van der Waals surface area contributed by atoms with Crippen molar-refractivity contribution in [1.29, 1.82) is 0 Å². The fourth-order valence-corrected chi connectivity index (χ4v) is 3.20. The van der Waals surface area contributed by atoms with Gasteiger partial charge in [-0.1, -0.05) is 0 Å². The smallest absolute Gasteiger partial charge is 0.483 e. The van der Waals surface area contributed by atoms with Crippen LogP contribution in [0, 0.1) is 0 Å². The van der Waals surface area contributed by atoms with Gasteiger partial charge in [-0.15, -0.1) is 0 Å². The zero-order valence-corrected chi connectivity index (χ0v) is 25.2. The quantitative estimate of drug-likeness (QED) is 0.0702. The van der Waals surface area contributed by atoms with Crippen molar-refractivity contribution in [2.75, 3.05) is 53.4 Å². The summed E-state index contributed by atoms with van der Waals surface area (Å²) < 4.78 is 176. The van der Waals surface area contributed by atoms with Gasteiger partial charge in [-0.05, 0) is 44.0 Å². The fourth-order valence-electron chi connectivity index (χ4n) is 3.20. The van der Waals surface area contributed by atoms with Crippen molar-refractivity contribution < 1.29 is 86.2 Å². The lowest BCUT2D eigenvalue weighted by atomic mass is 10.2. The van der Waals surface area contributed by atoms with Crippen LogP contribution in [0.15, 0.2) is 36.7 Å². The van der Waals surface area contributed by atoms with Crippen LogP contribution in [0.1, 0.15) is 19.8 Å². The zero-order chi connectivity index (χ0) is 36.1. The molecular formula is C27H31F11N2O8. The van der Waals surface area contributed by atoms with Crippen molar-refractivity contribution in [3.05, 3.63) is 36.7 Å². The summed E-state index contributed by atoms with van der Waals surface area (Å²) in [6.07, 6.45) is -29.6. The molecule has 21 heteroatoms. The molecule has 10 nitrogen and oxygen atoms in total. The van der Waals surface area contributed by atoms with E-state index in [1.807, 2.05) is 0 Å². The Morgan fingerprint density at radius 1 is 0.625 bits per heavy atom. The van der Waals surface area contributed by atoms with E-state index >= 15 is 0 Å². The van der Waals surface area contributed by atoms with Crippen molar-refractivity contribution in [2.45, 2.75) is 56.7 Å². The van der Waals surface area contributed by atoms with Crippen LogP contribution in [0.3, 0.4) is 0 Å². The molecule has 0 saturated carbocycles. The monoisotopic (exact) mass is 720 g/mol. The van der Waals surface area contributed by atoms with E-state index in [0.717, 1.165) is 0 Å². The first-order chi connectivity index (χ1) is 22.3. The minimum absolute atomic E-state index is 0.00277. The van der Waals surface area contributed by atoms with Gasteiger partial charge in [-0.2, -0.15) is 48.3 Å². The van der Waals surface area contributed by atoms with Gasteiger partial charge in [0.1, 0.15) is 19.0 Å². The second-order valence-electron chi connectivity index (χ2n) is 9.41. The number of ether oxygens (including phenoxy) is 8. The van der Waals surface area contributed by atoms with Crippen LogP contribution >= 0.6 is 0 Å². The Labute approximate surface area is 266 Å². The summed E-state index contributed by atoms with van der Waals surface area (Å²) in [7, 11) is 1.56. The number of halogens is 11. The lowest BCUT2D eigenvalue weighted by Crippen LogP contribution is -2.55. The minimum Gasteiger partial charge on any atom is -0.494 e. The lowest BCUT2D eigenvalue weighted by molar-refractivity contribution is -0.537. The number of rotatable bonds is 23. The highest BCUT2D eigenvalue weighted by atomic mass is 19.4. The average Bonchev–Trinajstić information content (AvgIpc) is 2.98. The number of alkyl halides is 11. The third-order valence-corrected chi connectivity index (χ3v) is 5.51. The van der Waals surface area contributed by atoms with Crippen molar-refractivity contribution in [3.8, 4) is 22.9 Å². The molecule has 0 radical (unpaired) electrons. The number of unbranched alkanes of at least 4 members (excludes halogenated alkanes) is 1. The molecule has 0 amide bonds. The van der Waals surface area contributed by atoms with Crippen LogP contribution in [-0.2, 0) is 28.4 Å². The normalized spacial score (nSPS) is 13.9. The second-order valence-corrected chi connectivity index (χ2v) is 9.41. The molecule has 1 heterocycles. The summed E-state index contributed by atoms with van der Waals surface area (Å²) in [6, 6.07) is 6.50. The molecule has 0 aliphatic rings. The van der Waals surface area contributed by atoms with Gasteiger partial charge in [0.25, 0.3) is 0 Å². The zero-order valence-electron chi connectivity index (χ0n) is 25.2. The summed E-state index contributed by atoms with van der Waals surface area (Å²) in [5.41, 5.74) is 0.639. The van der Waals surface area contributed by atoms with Gasteiger partial charge in [0.05, 0.1) is 38.8 Å². The van der Waals surface area contributed by atoms with Crippen molar-refractivity contribution in [2.24, 2.45) is 0 Å². The lowest BCUT2D eigenvalue weighted by Gasteiger charge is -2.31. The van der Waals surface area contributed by atoms with Crippen LogP contribution < -0.4 is 9.47 Å². The first-order valence-corrected chi connectivity index (χ1v) is 13.7. The van der Waals surface area contributed by atoms with Gasteiger partial charge in [-0.25, -0.2) is 19.4 Å². The maximum atomic E-state index is 13.5. The Kier molecular flexibility index (Phi) is 15.4. The molecule has 1 aromatic heterocycles. The molecule has 1 aromatic carbocycles. The first-order valence-electron chi connectivity index (χ1n) is 13.7. The van der Waals surface area contributed by atoms with Gasteiger partial charge >= 0.3 is 30.6 Å². The molecule has 0 bridgehead atoms. The highest BCUT2D eigenvalue weighted by molar-refractivity contribution is 5.56. The fraction of sp³-hybridized carbons (Fsp3) is 0.630. The number of hydrogen-bond acceptors (Lipinski definition) is 10. The number of benzene rings is 1. The van der Waals surface area contributed by atoms with Crippen LogP contribution in [0.4, 0.5) is 48.3 Å². The maximum Gasteiger partial charge on any atom is 0.483 e. The Morgan fingerprint density at radius 2 is 1.17 bits per heavy atom. The van der Waals surface area contributed by atoms with E-state index in [-0.39, 0.29) is 32.7 Å². The number of hydrogen-bond donors (Lipinski definition) is 0. The molecule has 274 valence electrons. The highest BCUT2D eigenvalue weighted by Gasteiger charge is 2.72. The van der Waals surface area contributed by atoms with Gasteiger partial charge in [0.2, 0.25) is 0 Å². The summed E-state index contributed by atoms with van der Waals surface area (Å²) in [6.45, 7) is 0.518.